The summed E-state index contributed by atoms with van der Waals surface area (Å²) in [6.45, 7) is 8.63. The smallest absolute Gasteiger partial charge is 0.321 e. The van der Waals surface area contributed by atoms with E-state index >= 15 is 0 Å². The van der Waals surface area contributed by atoms with Gasteiger partial charge in [0.2, 0.25) is 0 Å². The Morgan fingerprint density at radius 2 is 2.03 bits per heavy atom. The number of rotatable bonds is 6. The van der Waals surface area contributed by atoms with Crippen LogP contribution in [-0.4, -0.2) is 46.5 Å². The molecule has 33 heavy (non-hydrogen) atoms. The van der Waals surface area contributed by atoms with Gasteiger partial charge in [-0.05, 0) is 74.5 Å². The normalized spacial score (nSPS) is 16.3. The van der Waals surface area contributed by atoms with Crippen LogP contribution in [0.3, 0.4) is 0 Å². The zero-order chi connectivity index (χ0) is 23.5. The molecule has 2 amide bonds. The zero-order valence-corrected chi connectivity index (χ0v) is 19.5. The topological polar surface area (TPSA) is 68.4 Å². The zero-order valence-electron chi connectivity index (χ0n) is 19.5. The molecule has 1 saturated heterocycles. The van der Waals surface area contributed by atoms with Crippen LogP contribution in [0.4, 0.5) is 14.9 Å². The number of aromatic nitrogens is 1. The fourth-order valence-electron chi connectivity index (χ4n) is 4.64. The fraction of sp³-hybridized carbons (Fsp3) is 0.385. The number of likely N-dealkylation sites (N-methyl/N-ethyl adjacent to an activating group) is 1. The van der Waals surface area contributed by atoms with Gasteiger partial charge in [0.25, 0.3) is 5.56 Å². The van der Waals surface area contributed by atoms with Crippen molar-refractivity contribution in [3.05, 3.63) is 75.3 Å². The highest BCUT2D eigenvalue weighted by molar-refractivity contribution is 5.89. The Bertz CT molecular complexity index is 1220. The second-order valence-electron chi connectivity index (χ2n) is 8.81. The number of halogens is 1. The third kappa shape index (κ3) is 4.93. The Kier molecular flexibility index (Phi) is 6.79. The van der Waals surface area contributed by atoms with Gasteiger partial charge in [-0.15, -0.1) is 0 Å². The van der Waals surface area contributed by atoms with Crippen LogP contribution in [0, 0.1) is 19.7 Å². The number of pyridine rings is 1. The summed E-state index contributed by atoms with van der Waals surface area (Å²) in [5.41, 5.74) is 3.39. The van der Waals surface area contributed by atoms with Crippen molar-refractivity contribution in [2.75, 3.05) is 25.0 Å². The summed E-state index contributed by atoms with van der Waals surface area (Å²) in [5, 5.41) is 3.62. The van der Waals surface area contributed by atoms with Gasteiger partial charge in [0, 0.05) is 18.2 Å². The van der Waals surface area contributed by atoms with Crippen LogP contribution in [0.25, 0.3) is 10.9 Å². The number of fused-ring (bicyclic) bond motifs is 1. The van der Waals surface area contributed by atoms with E-state index in [9.17, 15) is 14.0 Å². The van der Waals surface area contributed by atoms with E-state index in [1.54, 1.807) is 17.0 Å². The summed E-state index contributed by atoms with van der Waals surface area (Å²) in [5.74, 6) is -0.490. The van der Waals surface area contributed by atoms with Crippen molar-refractivity contribution in [3.63, 3.8) is 0 Å². The Morgan fingerprint density at radius 1 is 1.24 bits per heavy atom. The summed E-state index contributed by atoms with van der Waals surface area (Å²) in [7, 11) is 0. The Hall–Kier alpha value is -3.19. The van der Waals surface area contributed by atoms with E-state index in [0.29, 0.717) is 12.1 Å². The lowest BCUT2D eigenvalue weighted by atomic mass is 10.0. The number of likely N-dealkylation sites (tertiary alicyclic amines) is 1. The second kappa shape index (κ2) is 9.75. The second-order valence-corrected chi connectivity index (χ2v) is 8.81. The molecular weight excluding hydrogens is 419 g/mol. The average Bonchev–Trinajstić information content (AvgIpc) is 3.25. The lowest BCUT2D eigenvalue weighted by Crippen LogP contribution is -2.45. The van der Waals surface area contributed by atoms with Crippen LogP contribution in [0.15, 0.2) is 47.3 Å². The number of urea groups is 1. The van der Waals surface area contributed by atoms with Crippen molar-refractivity contribution in [3.8, 4) is 0 Å². The molecule has 174 valence electrons. The monoisotopic (exact) mass is 450 g/mol. The highest BCUT2D eigenvalue weighted by Gasteiger charge is 2.28. The Balaban J connectivity index is 1.65. The first-order valence-electron chi connectivity index (χ1n) is 11.5. The van der Waals surface area contributed by atoms with E-state index in [1.807, 2.05) is 32.0 Å². The van der Waals surface area contributed by atoms with Crippen LogP contribution >= 0.6 is 0 Å². The highest BCUT2D eigenvalue weighted by atomic mass is 19.1. The van der Waals surface area contributed by atoms with Crippen LogP contribution < -0.4 is 10.9 Å². The summed E-state index contributed by atoms with van der Waals surface area (Å²) in [6.07, 6.45) is 2.07. The molecule has 2 N–H and O–H groups in total. The molecule has 6 nitrogen and oxygen atoms in total. The number of carbonyl (C=O) groups excluding carboxylic acids is 1. The molecule has 4 rings (SSSR count). The molecule has 2 heterocycles. The van der Waals surface area contributed by atoms with Crippen molar-refractivity contribution in [1.29, 1.82) is 0 Å². The van der Waals surface area contributed by atoms with E-state index in [0.717, 1.165) is 48.0 Å². The van der Waals surface area contributed by atoms with Crippen molar-refractivity contribution in [2.24, 2.45) is 0 Å². The van der Waals surface area contributed by atoms with Gasteiger partial charge in [0.05, 0.1) is 17.7 Å². The first-order valence-corrected chi connectivity index (χ1v) is 11.5. The Morgan fingerprint density at radius 3 is 2.79 bits per heavy atom. The van der Waals surface area contributed by atoms with Gasteiger partial charge in [0.15, 0.2) is 0 Å². The molecule has 1 atom stereocenters. The molecule has 1 aliphatic heterocycles. The largest absolute Gasteiger partial charge is 0.322 e. The van der Waals surface area contributed by atoms with Gasteiger partial charge in [0.1, 0.15) is 5.82 Å². The van der Waals surface area contributed by atoms with E-state index in [4.69, 9.17) is 0 Å². The van der Waals surface area contributed by atoms with Crippen LogP contribution in [0.1, 0.15) is 36.5 Å². The molecule has 0 saturated carbocycles. The standard InChI is InChI=1S/C26H31FN4O2/c1-4-30-13-7-8-21(30)16-31(26(33)28-23-10-6-5-9-22(23)27)15-20-14-19-12-11-17(2)18(3)24(19)29-25(20)32/h5-6,9-12,14,21H,4,7-8,13,15-16H2,1-3H3,(H,28,33)(H,29,32). The lowest BCUT2D eigenvalue weighted by Gasteiger charge is -2.30. The van der Waals surface area contributed by atoms with Gasteiger partial charge in [-0.2, -0.15) is 0 Å². The van der Waals surface area contributed by atoms with Crippen molar-refractivity contribution < 1.29 is 9.18 Å². The average molecular weight is 451 g/mol. The molecule has 7 heteroatoms. The summed E-state index contributed by atoms with van der Waals surface area (Å²) in [4.78, 5) is 33.2. The van der Waals surface area contributed by atoms with Crippen molar-refractivity contribution in [2.45, 2.75) is 46.2 Å². The maximum Gasteiger partial charge on any atom is 0.322 e. The van der Waals surface area contributed by atoms with Gasteiger partial charge >= 0.3 is 6.03 Å². The molecular formula is C26H31FN4O2. The van der Waals surface area contributed by atoms with Crippen LogP contribution in [0.5, 0.6) is 0 Å². The summed E-state index contributed by atoms with van der Waals surface area (Å²) < 4.78 is 14.2. The molecule has 1 aliphatic rings. The van der Waals surface area contributed by atoms with E-state index in [1.165, 1.54) is 12.1 Å². The third-order valence-electron chi connectivity index (χ3n) is 6.73. The summed E-state index contributed by atoms with van der Waals surface area (Å²) >= 11 is 0. The number of benzene rings is 2. The third-order valence-corrected chi connectivity index (χ3v) is 6.73. The number of hydrogen-bond donors (Lipinski definition) is 2. The van der Waals surface area contributed by atoms with Gasteiger partial charge in [-0.3, -0.25) is 9.69 Å². The number of para-hydroxylation sites is 1. The molecule has 2 aromatic carbocycles. The molecule has 0 radical (unpaired) electrons. The molecule has 3 aromatic rings. The SMILES string of the molecule is CCN1CCCC1CN(Cc1cc2ccc(C)c(C)c2[nH]c1=O)C(=O)Nc1ccccc1F. The number of aryl methyl sites for hydroxylation is 2. The van der Waals surface area contributed by atoms with E-state index in [-0.39, 0.29) is 23.8 Å². The number of aromatic amines is 1. The van der Waals surface area contributed by atoms with E-state index in [2.05, 4.69) is 22.1 Å². The Labute approximate surface area is 193 Å². The minimum Gasteiger partial charge on any atom is -0.321 e. The fourth-order valence-corrected chi connectivity index (χ4v) is 4.64. The number of carbonyl (C=O) groups is 1. The van der Waals surface area contributed by atoms with E-state index < -0.39 is 11.8 Å². The number of hydrogen-bond acceptors (Lipinski definition) is 3. The molecule has 1 aromatic heterocycles. The molecule has 0 spiro atoms. The van der Waals surface area contributed by atoms with Gasteiger partial charge in [-0.25, -0.2) is 9.18 Å². The molecule has 1 fully saturated rings. The minimum atomic E-state index is -0.490. The summed E-state index contributed by atoms with van der Waals surface area (Å²) in [6, 6.07) is 11.8. The number of nitrogens with one attached hydrogen (secondary N) is 2. The first-order chi connectivity index (χ1) is 15.9. The highest BCUT2D eigenvalue weighted by Crippen LogP contribution is 2.22. The minimum absolute atomic E-state index is 0.129. The number of anilines is 1. The van der Waals surface area contributed by atoms with Gasteiger partial charge in [-0.1, -0.05) is 31.2 Å². The predicted molar refractivity (Wildman–Crippen MR) is 130 cm³/mol. The quantitative estimate of drug-likeness (QED) is 0.567. The van der Waals surface area contributed by atoms with Crippen molar-refractivity contribution >= 4 is 22.6 Å². The molecule has 1 unspecified atom stereocenters. The predicted octanol–water partition coefficient (Wildman–Crippen LogP) is 4.80. The lowest BCUT2D eigenvalue weighted by molar-refractivity contribution is 0.174. The van der Waals surface area contributed by atoms with Crippen molar-refractivity contribution in [1.82, 2.24) is 14.8 Å². The number of nitrogens with zero attached hydrogens (tertiary/aromatic N) is 2. The maximum absolute atomic E-state index is 14.2. The number of amides is 2. The van der Waals surface area contributed by atoms with Gasteiger partial charge < -0.3 is 15.2 Å². The number of H-pyrrole nitrogens is 1. The first kappa shape index (κ1) is 23.0. The molecule has 0 aliphatic carbocycles. The van der Waals surface area contributed by atoms with Crippen LogP contribution in [0.2, 0.25) is 0 Å². The van der Waals surface area contributed by atoms with Crippen LogP contribution in [-0.2, 0) is 6.54 Å². The molecule has 0 bridgehead atoms. The maximum atomic E-state index is 14.2.